The van der Waals surface area contributed by atoms with Crippen molar-refractivity contribution in [1.82, 2.24) is 9.80 Å². The molecule has 1 saturated heterocycles. The van der Waals surface area contributed by atoms with Crippen LogP contribution in [0.25, 0.3) is 0 Å². The number of aromatic hydroxyl groups is 1. The van der Waals surface area contributed by atoms with Crippen molar-refractivity contribution in [2.75, 3.05) is 13.1 Å². The molecule has 0 radical (unpaired) electrons. The Balaban J connectivity index is 0.000000262. The molecule has 6 N–H and O–H groups in total. The number of carbonyl (C=O) groups excluding carboxylic acids is 2. The summed E-state index contributed by atoms with van der Waals surface area (Å²) in [5, 5.41) is 55.6. The fraction of sp³-hybridized carbons (Fsp3) is 0.571. The number of hydrogen-bond acceptors (Lipinski definition) is 10. The van der Waals surface area contributed by atoms with Gasteiger partial charge in [0, 0.05) is 30.3 Å². The van der Waals surface area contributed by atoms with Crippen LogP contribution < -0.4 is 4.74 Å². The smallest absolute Gasteiger partial charge is 0.335 e. The molecule has 41 heavy (non-hydrogen) atoms. The number of ether oxygens (including phenoxy) is 1. The first kappa shape index (κ1) is 27.6. The summed E-state index contributed by atoms with van der Waals surface area (Å²) < 4.78 is 6.42. The number of imide groups is 1. The van der Waals surface area contributed by atoms with Gasteiger partial charge in [0.1, 0.15) is 6.10 Å². The van der Waals surface area contributed by atoms with E-state index in [9.17, 15) is 29.4 Å². The van der Waals surface area contributed by atoms with Crippen LogP contribution in [0.2, 0.25) is 0 Å². The third kappa shape index (κ3) is 3.97. The van der Waals surface area contributed by atoms with Crippen molar-refractivity contribution in [3.63, 3.8) is 0 Å². The maximum atomic E-state index is 12.5. The van der Waals surface area contributed by atoms with E-state index in [1.54, 1.807) is 6.07 Å². The Morgan fingerprint density at radius 3 is 2.22 bits per heavy atom. The van der Waals surface area contributed by atoms with Crippen molar-refractivity contribution < 1.29 is 54.6 Å². The standard InChI is InChI=1S/C24H26N2O5.C4H6O6/c27-16-4-3-14-11-17-24(30)8-7-15(26-18(28)5-6-19(26)29)22-23(24,20(14)21(16)31-22)9-10-25(17)12-13-1-2-13;5-1(3(7)8)2(6)4(9)10/h3-6,13,15,17,22,27,30H,1-2,7-12H2;1-2,5-6H,(H,7,8)(H,9,10)/t15-,17-,22+,23+,24?;/m1./s1. The number of carboxylic acids is 2. The van der Waals surface area contributed by atoms with Crippen LogP contribution in [0.5, 0.6) is 11.5 Å². The van der Waals surface area contributed by atoms with Gasteiger partial charge in [0.15, 0.2) is 23.7 Å². The number of hydrogen-bond donors (Lipinski definition) is 6. The summed E-state index contributed by atoms with van der Waals surface area (Å²) >= 11 is 0. The van der Waals surface area contributed by atoms with Crippen LogP contribution in [0, 0.1) is 5.92 Å². The molecule has 2 amide bonds. The molecule has 0 aromatic heterocycles. The van der Waals surface area contributed by atoms with E-state index in [1.807, 2.05) is 6.07 Å². The van der Waals surface area contributed by atoms with Gasteiger partial charge in [-0.05, 0) is 62.6 Å². The predicted molar refractivity (Wildman–Crippen MR) is 137 cm³/mol. The maximum absolute atomic E-state index is 12.5. The van der Waals surface area contributed by atoms with Crippen LogP contribution in [0.1, 0.15) is 43.2 Å². The number of aliphatic carboxylic acids is 2. The van der Waals surface area contributed by atoms with Gasteiger partial charge in [-0.15, -0.1) is 0 Å². The van der Waals surface area contributed by atoms with Crippen LogP contribution >= 0.6 is 0 Å². The molecule has 2 saturated carbocycles. The molecule has 13 nitrogen and oxygen atoms in total. The summed E-state index contributed by atoms with van der Waals surface area (Å²) in [6.45, 7) is 1.87. The third-order valence-corrected chi connectivity index (χ3v) is 9.71. The van der Waals surface area contributed by atoms with Gasteiger partial charge in [-0.3, -0.25) is 19.4 Å². The molecule has 13 heteroatoms. The van der Waals surface area contributed by atoms with E-state index in [4.69, 9.17) is 25.2 Å². The minimum Gasteiger partial charge on any atom is -0.504 e. The van der Waals surface area contributed by atoms with Gasteiger partial charge in [-0.25, -0.2) is 9.59 Å². The molecule has 3 unspecified atom stereocenters. The molecule has 1 aromatic carbocycles. The summed E-state index contributed by atoms with van der Waals surface area (Å²) in [6.07, 6.45) is 2.51. The molecule has 3 heterocycles. The summed E-state index contributed by atoms with van der Waals surface area (Å²) in [5.41, 5.74) is 0.306. The molecule has 7 rings (SSSR count). The first-order valence-electron chi connectivity index (χ1n) is 13.8. The fourth-order valence-corrected chi connectivity index (χ4v) is 7.73. The SMILES string of the molecule is O=C(O)C(O)C(O)C(=O)O.O=C1C=CC(=O)N1[C@@H]1CCC2(O)[C@H]3Cc4ccc(O)c5c4[C@@]2(CCN3CC2CC2)[C@H]1O5. The zero-order valence-electron chi connectivity index (χ0n) is 22.0. The Morgan fingerprint density at radius 2 is 1.63 bits per heavy atom. The van der Waals surface area contributed by atoms with Gasteiger partial charge in [0.25, 0.3) is 11.8 Å². The second-order valence-corrected chi connectivity index (χ2v) is 11.8. The molecule has 6 aliphatic rings. The number of likely N-dealkylation sites (tertiary alicyclic amines) is 1. The maximum Gasteiger partial charge on any atom is 0.335 e. The lowest BCUT2D eigenvalue weighted by Gasteiger charge is -2.64. The number of rotatable bonds is 6. The number of phenolic OH excluding ortho intramolecular Hbond substituents is 1. The van der Waals surface area contributed by atoms with Gasteiger partial charge >= 0.3 is 11.9 Å². The van der Waals surface area contributed by atoms with Crippen LogP contribution in [0.4, 0.5) is 0 Å². The average Bonchev–Trinajstić information content (AvgIpc) is 3.59. The third-order valence-electron chi connectivity index (χ3n) is 9.71. The van der Waals surface area contributed by atoms with E-state index in [0.717, 1.165) is 36.6 Å². The first-order valence-corrected chi connectivity index (χ1v) is 13.8. The normalized spacial score (nSPS) is 34.3. The van der Waals surface area contributed by atoms with Crippen LogP contribution in [0.3, 0.4) is 0 Å². The molecule has 3 aliphatic carbocycles. The van der Waals surface area contributed by atoms with Crippen LogP contribution in [0.15, 0.2) is 24.3 Å². The van der Waals surface area contributed by atoms with E-state index in [1.165, 1.54) is 29.9 Å². The van der Waals surface area contributed by atoms with Gasteiger partial charge in [0.2, 0.25) is 0 Å². The molecule has 220 valence electrons. The van der Waals surface area contributed by atoms with Crippen molar-refractivity contribution in [2.24, 2.45) is 5.92 Å². The monoisotopic (exact) mass is 572 g/mol. The predicted octanol–water partition coefficient (Wildman–Crippen LogP) is -0.873. The number of nitrogens with zero attached hydrogens (tertiary/aromatic N) is 2. The number of aliphatic hydroxyl groups excluding tert-OH is 2. The van der Waals surface area contributed by atoms with Crippen molar-refractivity contribution in [3.8, 4) is 11.5 Å². The lowest BCUT2D eigenvalue weighted by Crippen LogP contribution is -2.78. The van der Waals surface area contributed by atoms with E-state index in [0.29, 0.717) is 25.0 Å². The highest BCUT2D eigenvalue weighted by Gasteiger charge is 2.74. The first-order chi connectivity index (χ1) is 19.4. The number of phenols is 1. The molecular formula is C28H32N2O11. The highest BCUT2D eigenvalue weighted by atomic mass is 16.5. The lowest BCUT2D eigenvalue weighted by molar-refractivity contribution is -0.201. The largest absolute Gasteiger partial charge is 0.504 e. The van der Waals surface area contributed by atoms with E-state index >= 15 is 0 Å². The molecular weight excluding hydrogens is 540 g/mol. The van der Waals surface area contributed by atoms with E-state index in [-0.39, 0.29) is 23.6 Å². The van der Waals surface area contributed by atoms with Crippen molar-refractivity contribution in [3.05, 3.63) is 35.4 Å². The molecule has 2 bridgehead atoms. The number of piperidine rings is 1. The van der Waals surface area contributed by atoms with Gasteiger partial charge < -0.3 is 35.4 Å². The van der Waals surface area contributed by atoms with Gasteiger partial charge in [-0.2, -0.15) is 0 Å². The number of carboxylic acid groups (broad SMARTS) is 2. The summed E-state index contributed by atoms with van der Waals surface area (Å²) in [7, 11) is 0. The summed E-state index contributed by atoms with van der Waals surface area (Å²) in [6, 6.07) is 3.17. The summed E-state index contributed by atoms with van der Waals surface area (Å²) in [5.74, 6) is -2.94. The Labute approximate surface area is 234 Å². The number of amides is 2. The van der Waals surface area contributed by atoms with Crippen LogP contribution in [-0.2, 0) is 31.0 Å². The fourth-order valence-electron chi connectivity index (χ4n) is 7.73. The average molecular weight is 573 g/mol. The Kier molecular flexibility index (Phi) is 6.41. The second kappa shape index (κ2) is 9.51. The summed E-state index contributed by atoms with van der Waals surface area (Å²) in [4.78, 5) is 48.4. The van der Waals surface area contributed by atoms with Crippen molar-refractivity contribution in [1.29, 1.82) is 0 Å². The second-order valence-electron chi connectivity index (χ2n) is 11.8. The topological polar surface area (TPSA) is 205 Å². The molecule has 3 aliphatic heterocycles. The quantitative estimate of drug-likeness (QED) is 0.230. The highest BCUT2D eigenvalue weighted by Crippen LogP contribution is 2.66. The van der Waals surface area contributed by atoms with E-state index < -0.39 is 47.3 Å². The van der Waals surface area contributed by atoms with Crippen molar-refractivity contribution >= 4 is 23.8 Å². The van der Waals surface area contributed by atoms with E-state index in [2.05, 4.69) is 4.90 Å². The molecule has 3 fully saturated rings. The minimum absolute atomic E-state index is 0.0139. The Morgan fingerprint density at radius 1 is 1.00 bits per heavy atom. The molecule has 7 atom stereocenters. The highest BCUT2D eigenvalue weighted by molar-refractivity contribution is 6.13. The van der Waals surface area contributed by atoms with Crippen LogP contribution in [-0.4, -0.2) is 113 Å². The van der Waals surface area contributed by atoms with Crippen molar-refractivity contribution in [2.45, 2.75) is 79.9 Å². The molecule has 1 spiro atoms. The number of carbonyl (C=O) groups is 4. The zero-order valence-corrected chi connectivity index (χ0v) is 22.0. The van der Waals surface area contributed by atoms with Gasteiger partial charge in [0.05, 0.1) is 17.1 Å². The zero-order chi connectivity index (χ0) is 29.4. The lowest BCUT2D eigenvalue weighted by atomic mass is 9.48. The number of benzene rings is 1. The molecule has 1 aromatic rings. The minimum atomic E-state index is -2.27. The van der Waals surface area contributed by atoms with Gasteiger partial charge in [-0.1, -0.05) is 6.07 Å². The number of aliphatic hydroxyl groups is 3. The Bertz CT molecular complexity index is 1320. The Hall–Kier alpha value is -3.52.